The predicted molar refractivity (Wildman–Crippen MR) is 106 cm³/mol. The number of anilines is 2. The molecule has 0 aliphatic carbocycles. The molecule has 0 radical (unpaired) electrons. The number of nitrogens with zero attached hydrogens (tertiary/aromatic N) is 5. The Kier molecular flexibility index (Phi) is 5.10. The van der Waals surface area contributed by atoms with Crippen LogP contribution in [0.15, 0.2) is 31.2 Å². The van der Waals surface area contributed by atoms with Gasteiger partial charge in [0.15, 0.2) is 12.3 Å². The van der Waals surface area contributed by atoms with E-state index in [-0.39, 0.29) is 30.8 Å². The second-order valence-electron chi connectivity index (χ2n) is 6.54. The molecule has 4 rings (SSSR count). The number of ether oxygens (including phenoxy) is 1. The number of nitrogens with one attached hydrogen (secondary N) is 2. The van der Waals surface area contributed by atoms with Gasteiger partial charge in [-0.25, -0.2) is 4.39 Å². The van der Waals surface area contributed by atoms with Crippen LogP contribution in [0.5, 0.6) is 5.88 Å². The minimum Gasteiger partial charge on any atom is -0.469 e. The molecule has 29 heavy (non-hydrogen) atoms. The molecular weight excluding hydrogens is 401 g/mol. The van der Waals surface area contributed by atoms with Crippen LogP contribution in [0, 0.1) is 0 Å². The third-order valence-corrected chi connectivity index (χ3v) is 4.91. The topological polar surface area (TPSA) is 101 Å². The fourth-order valence-corrected chi connectivity index (χ4v) is 3.36. The molecule has 11 heteroatoms. The maximum atomic E-state index is 14.5. The summed E-state index contributed by atoms with van der Waals surface area (Å²) in [6.07, 6.45) is 3.93. The molecule has 2 atom stereocenters. The molecule has 1 aliphatic rings. The lowest BCUT2D eigenvalue weighted by atomic mass is 10.3. The van der Waals surface area contributed by atoms with Crippen molar-refractivity contribution in [2.24, 2.45) is 0 Å². The fraction of sp³-hybridized carbons (Fsp3) is 0.333. The number of halogens is 2. The summed E-state index contributed by atoms with van der Waals surface area (Å²) < 4.78 is 22.1. The summed E-state index contributed by atoms with van der Waals surface area (Å²) in [5.74, 6) is 0.0304. The average Bonchev–Trinajstić information content (AvgIpc) is 3.41. The predicted octanol–water partition coefficient (Wildman–Crippen LogP) is 2.69. The van der Waals surface area contributed by atoms with Crippen molar-refractivity contribution in [2.75, 3.05) is 18.4 Å². The molecule has 4 heterocycles. The van der Waals surface area contributed by atoms with E-state index >= 15 is 0 Å². The van der Waals surface area contributed by atoms with Gasteiger partial charge in [0.05, 0.1) is 35.4 Å². The van der Waals surface area contributed by atoms with E-state index in [0.717, 1.165) is 12.6 Å². The highest BCUT2D eigenvalue weighted by Crippen LogP contribution is 2.33. The minimum absolute atomic E-state index is 0.0636. The van der Waals surface area contributed by atoms with E-state index in [9.17, 15) is 9.18 Å². The highest BCUT2D eigenvalue weighted by Gasteiger charge is 2.37. The van der Waals surface area contributed by atoms with Crippen LogP contribution >= 0.6 is 11.6 Å². The average molecular weight is 420 g/mol. The number of rotatable bonds is 6. The summed E-state index contributed by atoms with van der Waals surface area (Å²) in [4.78, 5) is 24.8. The van der Waals surface area contributed by atoms with Crippen LogP contribution in [0.1, 0.15) is 6.92 Å². The molecule has 152 valence electrons. The molecule has 9 nitrogen and oxygen atoms in total. The van der Waals surface area contributed by atoms with Crippen molar-refractivity contribution in [3.05, 3.63) is 36.3 Å². The zero-order chi connectivity index (χ0) is 20.5. The molecule has 0 aromatic carbocycles. The van der Waals surface area contributed by atoms with Gasteiger partial charge in [-0.15, -0.1) is 0 Å². The van der Waals surface area contributed by atoms with E-state index in [1.165, 1.54) is 4.90 Å². The third-order valence-electron chi connectivity index (χ3n) is 4.61. The number of carbonyl (C=O) groups excluding carboxylic acids is 1. The van der Waals surface area contributed by atoms with Crippen LogP contribution in [0.25, 0.3) is 11.0 Å². The van der Waals surface area contributed by atoms with Gasteiger partial charge in [0, 0.05) is 18.9 Å². The number of alkyl halides is 1. The Morgan fingerprint density at radius 2 is 2.34 bits per heavy atom. The fourth-order valence-electron chi connectivity index (χ4n) is 3.13. The summed E-state index contributed by atoms with van der Waals surface area (Å²) >= 11 is 6.24. The largest absolute Gasteiger partial charge is 0.469 e. The molecule has 0 unspecified atom stereocenters. The van der Waals surface area contributed by atoms with Crippen molar-refractivity contribution in [3.8, 4) is 5.88 Å². The Labute approximate surface area is 170 Å². The Morgan fingerprint density at radius 3 is 3.07 bits per heavy atom. The van der Waals surface area contributed by atoms with Crippen molar-refractivity contribution < 1.29 is 13.9 Å². The molecule has 1 fully saturated rings. The van der Waals surface area contributed by atoms with Gasteiger partial charge in [0.1, 0.15) is 5.65 Å². The van der Waals surface area contributed by atoms with E-state index in [1.807, 2.05) is 13.1 Å². The molecule has 0 bridgehead atoms. The lowest BCUT2D eigenvalue weighted by molar-refractivity contribution is -0.125. The zero-order valence-corrected chi connectivity index (χ0v) is 16.4. The number of likely N-dealkylation sites (tertiary alicyclic amines) is 1. The standard InChI is InChI=1S/C18H19ClFN7O2/c1-3-14(28)26-8-12(20)13(9-26)29-17-15-11(19)6-21-16(15)24-18(25-17)23-10-5-22-27(4-2)7-10/h3,5-7,12-13H,1,4,8-9H2,2H3,(H2,21,23,24,25)/t12-,13+/m0/s1. The van der Waals surface area contributed by atoms with E-state index in [1.54, 1.807) is 17.1 Å². The van der Waals surface area contributed by atoms with Gasteiger partial charge in [-0.3, -0.25) is 9.48 Å². The van der Waals surface area contributed by atoms with Crippen molar-refractivity contribution in [3.63, 3.8) is 0 Å². The summed E-state index contributed by atoms with van der Waals surface area (Å²) in [7, 11) is 0. The lowest BCUT2D eigenvalue weighted by Gasteiger charge is -2.16. The van der Waals surface area contributed by atoms with Gasteiger partial charge in [-0.1, -0.05) is 18.2 Å². The van der Waals surface area contributed by atoms with E-state index in [0.29, 0.717) is 21.7 Å². The normalized spacial score (nSPS) is 18.9. The summed E-state index contributed by atoms with van der Waals surface area (Å²) in [5.41, 5.74) is 1.14. The zero-order valence-electron chi connectivity index (χ0n) is 15.6. The Hall–Kier alpha value is -3.14. The number of fused-ring (bicyclic) bond motifs is 1. The minimum atomic E-state index is -1.36. The second-order valence-corrected chi connectivity index (χ2v) is 6.95. The van der Waals surface area contributed by atoms with Gasteiger partial charge >= 0.3 is 0 Å². The van der Waals surface area contributed by atoms with Crippen LogP contribution in [0.4, 0.5) is 16.0 Å². The molecular formula is C18H19ClFN7O2. The SMILES string of the molecule is C=CC(=O)N1C[C@H](F)[C@H](Oc2nc(Nc3cnn(CC)c3)nc3[nH]cc(Cl)c23)C1. The van der Waals surface area contributed by atoms with Crippen LogP contribution in [-0.4, -0.2) is 60.9 Å². The first-order valence-electron chi connectivity index (χ1n) is 9.04. The molecule has 1 saturated heterocycles. The molecule has 0 saturated carbocycles. The molecule has 2 N–H and O–H groups in total. The number of aryl methyl sites for hydroxylation is 1. The Morgan fingerprint density at radius 1 is 1.52 bits per heavy atom. The third kappa shape index (κ3) is 3.75. The number of hydrogen-bond acceptors (Lipinski definition) is 6. The van der Waals surface area contributed by atoms with Crippen molar-refractivity contribution in [1.82, 2.24) is 29.6 Å². The first kappa shape index (κ1) is 19.2. The summed E-state index contributed by atoms with van der Waals surface area (Å²) in [6.45, 7) is 6.16. The van der Waals surface area contributed by atoms with E-state index in [2.05, 4.69) is 31.9 Å². The van der Waals surface area contributed by atoms with Crippen molar-refractivity contribution >= 4 is 40.2 Å². The quantitative estimate of drug-likeness (QED) is 0.596. The lowest BCUT2D eigenvalue weighted by Crippen LogP contribution is -2.30. The number of carbonyl (C=O) groups is 1. The van der Waals surface area contributed by atoms with Gasteiger partial charge in [0.2, 0.25) is 17.7 Å². The van der Waals surface area contributed by atoms with Crippen LogP contribution < -0.4 is 10.1 Å². The van der Waals surface area contributed by atoms with Crippen molar-refractivity contribution in [2.45, 2.75) is 25.7 Å². The maximum absolute atomic E-state index is 14.5. The van der Waals surface area contributed by atoms with Gasteiger partial charge < -0.3 is 19.9 Å². The second kappa shape index (κ2) is 7.70. The highest BCUT2D eigenvalue weighted by atomic mass is 35.5. The van der Waals surface area contributed by atoms with Crippen LogP contribution in [0.3, 0.4) is 0 Å². The number of H-pyrrole nitrogens is 1. The van der Waals surface area contributed by atoms with Crippen molar-refractivity contribution in [1.29, 1.82) is 0 Å². The molecule has 0 spiro atoms. The monoisotopic (exact) mass is 419 g/mol. The highest BCUT2D eigenvalue weighted by molar-refractivity contribution is 6.35. The first-order chi connectivity index (χ1) is 14.0. The molecule has 1 aliphatic heterocycles. The number of aromatic nitrogens is 5. The summed E-state index contributed by atoms with van der Waals surface area (Å²) in [6, 6.07) is 0. The molecule has 3 aromatic rings. The number of amides is 1. The number of hydrogen-bond donors (Lipinski definition) is 2. The van der Waals surface area contributed by atoms with E-state index in [4.69, 9.17) is 16.3 Å². The molecule has 3 aromatic heterocycles. The smallest absolute Gasteiger partial charge is 0.246 e. The van der Waals surface area contributed by atoms with E-state index < -0.39 is 12.3 Å². The van der Waals surface area contributed by atoms with Crippen LogP contribution in [-0.2, 0) is 11.3 Å². The molecule has 1 amide bonds. The van der Waals surface area contributed by atoms with Crippen LogP contribution in [0.2, 0.25) is 5.02 Å². The Balaban J connectivity index is 1.63. The first-order valence-corrected chi connectivity index (χ1v) is 9.42. The van der Waals surface area contributed by atoms with Gasteiger partial charge in [-0.05, 0) is 13.0 Å². The van der Waals surface area contributed by atoms with Gasteiger partial charge in [-0.2, -0.15) is 15.1 Å². The van der Waals surface area contributed by atoms with Gasteiger partial charge in [0.25, 0.3) is 0 Å². The number of aromatic amines is 1. The maximum Gasteiger partial charge on any atom is 0.246 e. The summed E-state index contributed by atoms with van der Waals surface area (Å²) in [5, 5.41) is 8.04. The Bertz CT molecular complexity index is 1070.